The number of hydrogen-bond donors (Lipinski definition) is 1. The van der Waals surface area contributed by atoms with Gasteiger partial charge in [0.15, 0.2) is 0 Å². The standard InChI is InChI=1S/C12H23N3O2/c1-10(2)13-12(16)15-4-3-11(9-15)14-5-7-17-8-6-14/h10-11H,3-9H2,1-2H3,(H,13,16). The zero-order valence-electron chi connectivity index (χ0n) is 10.8. The fourth-order valence-corrected chi connectivity index (χ4v) is 2.51. The van der Waals surface area contributed by atoms with E-state index >= 15 is 0 Å². The van der Waals surface area contributed by atoms with Crippen LogP contribution in [0.2, 0.25) is 0 Å². The van der Waals surface area contributed by atoms with Gasteiger partial charge in [0.05, 0.1) is 13.2 Å². The van der Waals surface area contributed by atoms with Crippen molar-refractivity contribution in [3.8, 4) is 0 Å². The highest BCUT2D eigenvalue weighted by molar-refractivity contribution is 5.74. The summed E-state index contributed by atoms with van der Waals surface area (Å²) in [5.74, 6) is 0. The molecule has 1 unspecified atom stereocenters. The number of nitrogens with zero attached hydrogens (tertiary/aromatic N) is 2. The van der Waals surface area contributed by atoms with E-state index in [2.05, 4.69) is 10.2 Å². The van der Waals surface area contributed by atoms with Crippen LogP contribution in [0.5, 0.6) is 0 Å². The number of morpholine rings is 1. The van der Waals surface area contributed by atoms with Crippen molar-refractivity contribution in [2.24, 2.45) is 0 Å². The molecule has 1 atom stereocenters. The van der Waals surface area contributed by atoms with Crippen molar-refractivity contribution in [1.29, 1.82) is 0 Å². The zero-order valence-corrected chi connectivity index (χ0v) is 10.8. The van der Waals surface area contributed by atoms with E-state index in [9.17, 15) is 4.79 Å². The van der Waals surface area contributed by atoms with E-state index in [1.807, 2.05) is 18.7 Å². The molecule has 98 valence electrons. The lowest BCUT2D eigenvalue weighted by Crippen LogP contribution is -2.47. The van der Waals surface area contributed by atoms with E-state index in [4.69, 9.17) is 4.74 Å². The smallest absolute Gasteiger partial charge is 0.317 e. The Kier molecular flexibility index (Phi) is 4.23. The summed E-state index contributed by atoms with van der Waals surface area (Å²) in [7, 11) is 0. The third-order valence-electron chi connectivity index (χ3n) is 3.42. The van der Waals surface area contributed by atoms with Gasteiger partial charge in [-0.3, -0.25) is 4.90 Å². The SMILES string of the molecule is CC(C)NC(=O)N1CCC(N2CCOCC2)C1. The molecular weight excluding hydrogens is 218 g/mol. The molecule has 2 saturated heterocycles. The summed E-state index contributed by atoms with van der Waals surface area (Å²) in [6.45, 7) is 9.39. The molecule has 17 heavy (non-hydrogen) atoms. The molecule has 5 heteroatoms. The number of rotatable bonds is 2. The average Bonchev–Trinajstić information content (AvgIpc) is 2.78. The van der Waals surface area contributed by atoms with Crippen LogP contribution in [0, 0.1) is 0 Å². The zero-order chi connectivity index (χ0) is 12.3. The Morgan fingerprint density at radius 2 is 2.00 bits per heavy atom. The lowest BCUT2D eigenvalue weighted by Gasteiger charge is -2.32. The summed E-state index contributed by atoms with van der Waals surface area (Å²) >= 11 is 0. The van der Waals surface area contributed by atoms with Crippen LogP contribution in [0.1, 0.15) is 20.3 Å². The predicted molar refractivity (Wildman–Crippen MR) is 66.0 cm³/mol. The second-order valence-corrected chi connectivity index (χ2v) is 5.14. The fraction of sp³-hybridized carbons (Fsp3) is 0.917. The predicted octanol–water partition coefficient (Wildman–Crippen LogP) is 0.511. The summed E-state index contributed by atoms with van der Waals surface area (Å²) in [6.07, 6.45) is 1.09. The summed E-state index contributed by atoms with van der Waals surface area (Å²) in [4.78, 5) is 16.2. The van der Waals surface area contributed by atoms with E-state index in [1.54, 1.807) is 0 Å². The van der Waals surface area contributed by atoms with Gasteiger partial charge in [-0.2, -0.15) is 0 Å². The largest absolute Gasteiger partial charge is 0.379 e. The normalized spacial score (nSPS) is 26.5. The fourth-order valence-electron chi connectivity index (χ4n) is 2.51. The lowest BCUT2D eigenvalue weighted by molar-refractivity contribution is 0.0191. The molecule has 0 saturated carbocycles. The van der Waals surface area contributed by atoms with Gasteiger partial charge in [-0.05, 0) is 20.3 Å². The molecule has 0 spiro atoms. The molecule has 5 nitrogen and oxygen atoms in total. The number of carbonyl (C=O) groups excluding carboxylic acids is 1. The number of likely N-dealkylation sites (tertiary alicyclic amines) is 1. The van der Waals surface area contributed by atoms with Crippen LogP contribution in [-0.2, 0) is 4.74 Å². The molecule has 2 aliphatic rings. The van der Waals surface area contributed by atoms with Gasteiger partial charge in [-0.25, -0.2) is 4.79 Å². The molecule has 1 N–H and O–H groups in total. The van der Waals surface area contributed by atoms with Gasteiger partial charge in [-0.1, -0.05) is 0 Å². The summed E-state index contributed by atoms with van der Waals surface area (Å²) in [5.41, 5.74) is 0. The minimum atomic E-state index is 0.0794. The molecule has 0 aliphatic carbocycles. The summed E-state index contributed by atoms with van der Waals surface area (Å²) < 4.78 is 5.35. The average molecular weight is 241 g/mol. The van der Waals surface area contributed by atoms with Gasteiger partial charge in [0.2, 0.25) is 0 Å². The van der Waals surface area contributed by atoms with Gasteiger partial charge >= 0.3 is 6.03 Å². The Balaban J connectivity index is 1.80. The van der Waals surface area contributed by atoms with E-state index < -0.39 is 0 Å². The molecule has 2 heterocycles. The molecule has 2 amide bonds. The first-order valence-corrected chi connectivity index (χ1v) is 6.54. The van der Waals surface area contributed by atoms with Gasteiger partial charge in [0.1, 0.15) is 0 Å². The van der Waals surface area contributed by atoms with E-state index in [0.717, 1.165) is 45.8 Å². The lowest BCUT2D eigenvalue weighted by atomic mass is 10.2. The van der Waals surface area contributed by atoms with E-state index in [0.29, 0.717) is 6.04 Å². The third-order valence-corrected chi connectivity index (χ3v) is 3.42. The number of ether oxygens (including phenoxy) is 1. The second kappa shape index (κ2) is 5.69. The van der Waals surface area contributed by atoms with Crippen molar-refractivity contribution in [2.75, 3.05) is 39.4 Å². The second-order valence-electron chi connectivity index (χ2n) is 5.14. The quantitative estimate of drug-likeness (QED) is 0.766. The van der Waals surface area contributed by atoms with Crippen LogP contribution in [0.3, 0.4) is 0 Å². The van der Waals surface area contributed by atoms with E-state index in [1.165, 1.54) is 0 Å². The van der Waals surface area contributed by atoms with Crippen molar-refractivity contribution in [2.45, 2.75) is 32.4 Å². The minimum Gasteiger partial charge on any atom is -0.379 e. The van der Waals surface area contributed by atoms with Crippen LogP contribution >= 0.6 is 0 Å². The molecule has 0 radical (unpaired) electrons. The van der Waals surface area contributed by atoms with Crippen LogP contribution < -0.4 is 5.32 Å². The maximum absolute atomic E-state index is 11.9. The van der Waals surface area contributed by atoms with Crippen molar-refractivity contribution >= 4 is 6.03 Å². The minimum absolute atomic E-state index is 0.0794. The van der Waals surface area contributed by atoms with Crippen molar-refractivity contribution in [3.63, 3.8) is 0 Å². The Morgan fingerprint density at radius 1 is 1.29 bits per heavy atom. The highest BCUT2D eigenvalue weighted by Gasteiger charge is 2.31. The molecule has 0 aromatic rings. The third kappa shape index (κ3) is 3.33. The van der Waals surface area contributed by atoms with Crippen LogP contribution in [0.4, 0.5) is 4.79 Å². The first kappa shape index (κ1) is 12.6. The topological polar surface area (TPSA) is 44.8 Å². The molecule has 0 aromatic carbocycles. The first-order chi connectivity index (χ1) is 8.16. The van der Waals surface area contributed by atoms with Gasteiger partial charge in [-0.15, -0.1) is 0 Å². The maximum Gasteiger partial charge on any atom is 0.317 e. The number of amides is 2. The number of urea groups is 1. The number of hydrogen-bond acceptors (Lipinski definition) is 3. The monoisotopic (exact) mass is 241 g/mol. The molecule has 2 aliphatic heterocycles. The van der Waals surface area contributed by atoms with Crippen molar-refractivity contribution < 1.29 is 9.53 Å². The highest BCUT2D eigenvalue weighted by Crippen LogP contribution is 2.16. The van der Waals surface area contributed by atoms with Gasteiger partial charge < -0.3 is 15.0 Å². The van der Waals surface area contributed by atoms with Crippen LogP contribution in [0.25, 0.3) is 0 Å². The Hall–Kier alpha value is -0.810. The van der Waals surface area contributed by atoms with Crippen LogP contribution in [0.15, 0.2) is 0 Å². The molecule has 2 fully saturated rings. The Labute approximate surface area is 103 Å². The highest BCUT2D eigenvalue weighted by atomic mass is 16.5. The van der Waals surface area contributed by atoms with Crippen molar-refractivity contribution in [1.82, 2.24) is 15.1 Å². The molecule has 0 aromatic heterocycles. The molecule has 2 rings (SSSR count). The molecule has 0 bridgehead atoms. The summed E-state index contributed by atoms with van der Waals surface area (Å²) in [6, 6.07) is 0.817. The van der Waals surface area contributed by atoms with Crippen LogP contribution in [-0.4, -0.2) is 67.3 Å². The number of carbonyl (C=O) groups is 1. The van der Waals surface area contributed by atoms with Gasteiger partial charge in [0, 0.05) is 38.3 Å². The first-order valence-electron chi connectivity index (χ1n) is 6.54. The summed E-state index contributed by atoms with van der Waals surface area (Å²) in [5, 5.41) is 2.95. The molecular formula is C12H23N3O2. The maximum atomic E-state index is 11.9. The Bertz CT molecular complexity index is 264. The Morgan fingerprint density at radius 3 is 2.65 bits per heavy atom. The van der Waals surface area contributed by atoms with Gasteiger partial charge in [0.25, 0.3) is 0 Å². The number of nitrogens with one attached hydrogen (secondary N) is 1. The van der Waals surface area contributed by atoms with E-state index in [-0.39, 0.29) is 12.1 Å². The van der Waals surface area contributed by atoms with Crippen molar-refractivity contribution in [3.05, 3.63) is 0 Å².